The van der Waals surface area contributed by atoms with Crippen molar-refractivity contribution in [1.29, 1.82) is 0 Å². The normalized spacial score (nSPS) is 20.1. The smallest absolute Gasteiger partial charge is 0.305 e. The number of aliphatic hydroxyl groups is 1. The van der Waals surface area contributed by atoms with Crippen molar-refractivity contribution in [3.63, 3.8) is 0 Å². The molecule has 13 heteroatoms. The fraction of sp³-hybridized carbons (Fsp3) is 0.320. The molecule has 0 fully saturated rings. The fourth-order valence-corrected chi connectivity index (χ4v) is 6.35. The van der Waals surface area contributed by atoms with Crippen molar-refractivity contribution in [3.8, 4) is 0 Å². The summed E-state index contributed by atoms with van der Waals surface area (Å²) in [6, 6.07) is 10.6. The van der Waals surface area contributed by atoms with Gasteiger partial charge in [-0.05, 0) is 50.5 Å². The Morgan fingerprint density at radius 1 is 1.21 bits per heavy atom. The molecule has 11 nitrogen and oxygen atoms in total. The lowest BCUT2D eigenvalue weighted by Gasteiger charge is -2.36. The second-order valence-electron chi connectivity index (χ2n) is 9.21. The Balaban J connectivity index is 1.76. The van der Waals surface area contributed by atoms with Crippen molar-refractivity contribution >= 4 is 54.8 Å². The zero-order chi connectivity index (χ0) is 27.9. The summed E-state index contributed by atoms with van der Waals surface area (Å²) < 4.78 is 60.3. The van der Waals surface area contributed by atoms with Gasteiger partial charge in [-0.3, -0.25) is 14.3 Å². The second-order valence-corrected chi connectivity index (χ2v) is 12.5. The lowest BCUT2D eigenvalue weighted by Crippen LogP contribution is -2.42. The number of sulfonamides is 2. The number of amidine groups is 1. The number of benzene rings is 2. The molecule has 2 aliphatic rings. The van der Waals surface area contributed by atoms with Crippen LogP contribution in [0.2, 0.25) is 0 Å². The summed E-state index contributed by atoms with van der Waals surface area (Å²) in [6.07, 6.45) is 1.58. The molecule has 0 aromatic heterocycles. The Hall–Kier alpha value is -3.71. The monoisotopic (exact) mass is 561 g/mol. The van der Waals surface area contributed by atoms with Crippen molar-refractivity contribution < 1.29 is 36.3 Å². The second kappa shape index (κ2) is 9.87. The van der Waals surface area contributed by atoms with Gasteiger partial charge in [-0.15, -0.1) is 4.40 Å². The molecule has 0 spiro atoms. The quantitative estimate of drug-likeness (QED) is 0.410. The van der Waals surface area contributed by atoms with Gasteiger partial charge in [0, 0.05) is 17.7 Å². The highest BCUT2D eigenvalue weighted by Crippen LogP contribution is 2.44. The molecule has 1 unspecified atom stereocenters. The van der Waals surface area contributed by atoms with E-state index in [-0.39, 0.29) is 47.1 Å². The van der Waals surface area contributed by atoms with Gasteiger partial charge in [-0.2, -0.15) is 8.42 Å². The van der Waals surface area contributed by atoms with Gasteiger partial charge in [0.1, 0.15) is 16.2 Å². The molecule has 1 aliphatic carbocycles. The molecule has 1 atom stereocenters. The summed E-state index contributed by atoms with van der Waals surface area (Å²) in [7, 11) is -8.04. The number of fused-ring (bicyclic) bond motifs is 2. The first kappa shape index (κ1) is 27.3. The van der Waals surface area contributed by atoms with Gasteiger partial charge in [-0.1, -0.05) is 24.3 Å². The molecule has 2 aromatic carbocycles. The third kappa shape index (κ3) is 5.16. The minimum Gasteiger partial charge on any atom is -0.506 e. The van der Waals surface area contributed by atoms with Gasteiger partial charge >= 0.3 is 5.97 Å². The summed E-state index contributed by atoms with van der Waals surface area (Å²) in [5, 5.41) is 14.0. The van der Waals surface area contributed by atoms with E-state index in [4.69, 9.17) is 4.74 Å². The number of esters is 1. The Morgan fingerprint density at radius 3 is 2.61 bits per heavy atom. The van der Waals surface area contributed by atoms with Crippen LogP contribution < -0.4 is 10.0 Å². The van der Waals surface area contributed by atoms with Crippen molar-refractivity contribution in [1.82, 2.24) is 0 Å². The maximum Gasteiger partial charge on any atom is 0.305 e. The molecule has 38 heavy (non-hydrogen) atoms. The molecule has 1 heterocycles. The summed E-state index contributed by atoms with van der Waals surface area (Å²) in [5.41, 5.74) is -0.510. The number of nitrogens with zero attached hydrogens (tertiary/aromatic N) is 1. The van der Waals surface area contributed by atoms with Gasteiger partial charge < -0.3 is 15.2 Å². The van der Waals surface area contributed by atoms with Crippen LogP contribution in [0.15, 0.2) is 57.3 Å². The van der Waals surface area contributed by atoms with Crippen LogP contribution in [0.25, 0.3) is 5.76 Å². The van der Waals surface area contributed by atoms with Gasteiger partial charge in [0.2, 0.25) is 10.0 Å². The third-order valence-corrected chi connectivity index (χ3v) is 8.29. The number of ketones is 1. The summed E-state index contributed by atoms with van der Waals surface area (Å²) in [5.74, 6) is -1.72. The zero-order valence-electron chi connectivity index (χ0n) is 20.9. The molecule has 3 N–H and O–H groups in total. The summed E-state index contributed by atoms with van der Waals surface area (Å²) in [6.45, 7) is 3.62. The molecule has 0 bridgehead atoms. The van der Waals surface area contributed by atoms with E-state index in [1.165, 1.54) is 12.1 Å². The predicted octanol–water partition coefficient (Wildman–Crippen LogP) is 3.11. The molecular weight excluding hydrogens is 534 g/mol. The zero-order valence-corrected chi connectivity index (χ0v) is 22.6. The number of rotatable bonds is 8. The number of Topliss-reactive ketones (excluding diaryl/α,β-unsaturated/α-hetero) is 1. The topological polar surface area (TPSA) is 168 Å². The predicted molar refractivity (Wildman–Crippen MR) is 142 cm³/mol. The molecule has 4 rings (SSSR count). The fourth-order valence-electron chi connectivity index (χ4n) is 4.64. The molecule has 0 saturated carbocycles. The Labute approximate surface area is 220 Å². The first-order chi connectivity index (χ1) is 17.8. The highest BCUT2D eigenvalue weighted by atomic mass is 32.2. The van der Waals surface area contributed by atoms with Crippen LogP contribution in [0.5, 0.6) is 0 Å². The Bertz CT molecular complexity index is 1610. The molecule has 1 aliphatic heterocycles. The average molecular weight is 562 g/mol. The maximum absolute atomic E-state index is 13.9. The van der Waals surface area contributed by atoms with Crippen LogP contribution >= 0.6 is 0 Å². The van der Waals surface area contributed by atoms with E-state index in [0.717, 1.165) is 12.3 Å². The molecule has 2 aromatic rings. The molecule has 0 radical (unpaired) electrons. The average Bonchev–Trinajstić information content (AvgIpc) is 2.82. The lowest BCUT2D eigenvalue weighted by atomic mass is 9.67. The van der Waals surface area contributed by atoms with Crippen LogP contribution in [-0.4, -0.2) is 52.4 Å². The van der Waals surface area contributed by atoms with E-state index in [1.54, 1.807) is 38.1 Å². The standard InChI is InChI=1S/C25H27N3O8S2/c1-4-36-20(29)10-7-13-25(2)17-9-6-5-8-16(17)22(30)21(23(25)31)24-26-18-12-11-15(27-37(3,32)33)14-19(18)38(34,35)28-24/h5-6,8-9,11-12,14,27,30H,4,7,10,13H2,1-3H3,(H,26,28). The first-order valence-electron chi connectivity index (χ1n) is 11.7. The van der Waals surface area contributed by atoms with E-state index in [9.17, 15) is 31.5 Å². The van der Waals surface area contributed by atoms with E-state index in [0.29, 0.717) is 17.5 Å². The first-order valence-corrected chi connectivity index (χ1v) is 15.1. The highest BCUT2D eigenvalue weighted by molar-refractivity contribution is 7.92. The highest BCUT2D eigenvalue weighted by Gasteiger charge is 2.46. The lowest BCUT2D eigenvalue weighted by molar-refractivity contribution is -0.143. The number of hydrogen-bond donors (Lipinski definition) is 3. The molecule has 202 valence electrons. The SMILES string of the molecule is CCOC(=O)CCCC1(C)C(=O)C(C2=NS(=O)(=O)c3cc(NS(C)(=O)=O)ccc3N2)=C(O)c2ccccc21. The van der Waals surface area contributed by atoms with E-state index < -0.39 is 43.0 Å². The minimum absolute atomic E-state index is 0.0224. The van der Waals surface area contributed by atoms with Gasteiger partial charge in [-0.25, -0.2) is 8.42 Å². The number of ether oxygens (including phenoxy) is 1. The minimum atomic E-state index is -4.38. The number of hydrogen-bond acceptors (Lipinski definition) is 9. The maximum atomic E-state index is 13.9. The van der Waals surface area contributed by atoms with Gasteiger partial charge in [0.15, 0.2) is 11.6 Å². The Kier molecular flexibility index (Phi) is 7.10. The third-order valence-electron chi connectivity index (χ3n) is 6.37. The van der Waals surface area contributed by atoms with Gasteiger partial charge in [0.25, 0.3) is 10.0 Å². The van der Waals surface area contributed by atoms with E-state index >= 15 is 0 Å². The van der Waals surface area contributed by atoms with Gasteiger partial charge in [0.05, 0.1) is 24.0 Å². The van der Waals surface area contributed by atoms with Crippen molar-refractivity contribution in [2.45, 2.75) is 43.4 Å². The van der Waals surface area contributed by atoms with E-state index in [1.807, 2.05) is 0 Å². The van der Waals surface area contributed by atoms with Crippen LogP contribution in [-0.2, 0) is 39.8 Å². The largest absolute Gasteiger partial charge is 0.506 e. The number of aliphatic hydroxyl groups excluding tert-OH is 1. The van der Waals surface area contributed by atoms with Crippen LogP contribution in [0.4, 0.5) is 11.4 Å². The van der Waals surface area contributed by atoms with E-state index in [2.05, 4.69) is 14.4 Å². The number of nitrogens with one attached hydrogen (secondary N) is 2. The van der Waals surface area contributed by atoms with Crippen molar-refractivity contribution in [2.24, 2.45) is 4.40 Å². The van der Waals surface area contributed by atoms with Crippen LogP contribution in [0.1, 0.15) is 44.2 Å². The van der Waals surface area contributed by atoms with Crippen LogP contribution in [0, 0.1) is 0 Å². The van der Waals surface area contributed by atoms with Crippen molar-refractivity contribution in [2.75, 3.05) is 22.9 Å². The molecule has 0 saturated heterocycles. The van der Waals surface area contributed by atoms with Crippen LogP contribution in [0.3, 0.4) is 0 Å². The summed E-state index contributed by atoms with van der Waals surface area (Å²) >= 11 is 0. The number of carbonyl (C=O) groups is 2. The molecule has 0 amide bonds. The number of carbonyl (C=O) groups excluding carboxylic acids is 2. The number of anilines is 2. The Morgan fingerprint density at radius 2 is 1.92 bits per heavy atom. The molecular formula is C25H27N3O8S2. The summed E-state index contributed by atoms with van der Waals surface area (Å²) in [4.78, 5) is 25.5. The van der Waals surface area contributed by atoms with Crippen molar-refractivity contribution in [3.05, 3.63) is 59.2 Å².